The Kier molecular flexibility index (Phi) is 7.33. The first-order valence-corrected chi connectivity index (χ1v) is 7.87. The third kappa shape index (κ3) is 8.84. The molecule has 0 saturated heterocycles. The standard InChI is InChI=1S/C18H30FNO/c1-14(2)21-11-10-16(13-20-18(3,4)5)12-15-6-8-17(19)9-7-15/h6-9,14,16,20H,10-13H2,1-5H3. The highest BCUT2D eigenvalue weighted by atomic mass is 19.1. The maximum Gasteiger partial charge on any atom is 0.123 e. The van der Waals surface area contributed by atoms with E-state index in [1.54, 1.807) is 0 Å². The van der Waals surface area contributed by atoms with E-state index in [0.717, 1.165) is 26.0 Å². The van der Waals surface area contributed by atoms with Crippen LogP contribution < -0.4 is 5.32 Å². The Bertz CT molecular complexity index is 395. The zero-order valence-electron chi connectivity index (χ0n) is 14.1. The van der Waals surface area contributed by atoms with Crippen molar-refractivity contribution in [3.8, 4) is 0 Å². The zero-order chi connectivity index (χ0) is 15.9. The molecule has 0 aliphatic rings. The molecule has 0 spiro atoms. The summed E-state index contributed by atoms with van der Waals surface area (Å²) in [6.07, 6.45) is 2.23. The van der Waals surface area contributed by atoms with Gasteiger partial charge >= 0.3 is 0 Å². The average molecular weight is 295 g/mol. The molecule has 0 heterocycles. The lowest BCUT2D eigenvalue weighted by Gasteiger charge is -2.25. The summed E-state index contributed by atoms with van der Waals surface area (Å²) in [5.74, 6) is 0.319. The SMILES string of the molecule is CC(C)OCCC(CNC(C)(C)C)Cc1ccc(F)cc1. The van der Waals surface area contributed by atoms with Crippen LogP contribution in [0.5, 0.6) is 0 Å². The number of ether oxygens (including phenoxy) is 1. The van der Waals surface area contributed by atoms with Crippen LogP contribution in [0.15, 0.2) is 24.3 Å². The Morgan fingerprint density at radius 1 is 1.14 bits per heavy atom. The van der Waals surface area contributed by atoms with Gasteiger partial charge in [0, 0.05) is 12.1 Å². The predicted molar refractivity (Wildman–Crippen MR) is 87.1 cm³/mol. The second-order valence-corrected chi connectivity index (χ2v) is 7.04. The van der Waals surface area contributed by atoms with Crippen LogP contribution in [-0.2, 0) is 11.2 Å². The van der Waals surface area contributed by atoms with E-state index < -0.39 is 0 Å². The summed E-state index contributed by atoms with van der Waals surface area (Å²) in [5.41, 5.74) is 1.29. The molecule has 0 aliphatic heterocycles. The van der Waals surface area contributed by atoms with E-state index in [1.807, 2.05) is 12.1 Å². The van der Waals surface area contributed by atoms with Gasteiger partial charge in [-0.15, -0.1) is 0 Å². The molecule has 2 nitrogen and oxygen atoms in total. The van der Waals surface area contributed by atoms with Crippen LogP contribution in [0.25, 0.3) is 0 Å². The summed E-state index contributed by atoms with van der Waals surface area (Å²) in [6.45, 7) is 12.4. The van der Waals surface area contributed by atoms with E-state index in [1.165, 1.54) is 17.7 Å². The average Bonchev–Trinajstić information content (AvgIpc) is 2.37. The van der Waals surface area contributed by atoms with Gasteiger partial charge in [0.15, 0.2) is 0 Å². The molecule has 0 fully saturated rings. The molecule has 0 amide bonds. The van der Waals surface area contributed by atoms with E-state index in [-0.39, 0.29) is 17.5 Å². The van der Waals surface area contributed by atoms with Crippen molar-refractivity contribution in [2.24, 2.45) is 5.92 Å². The van der Waals surface area contributed by atoms with E-state index in [2.05, 4.69) is 39.9 Å². The smallest absolute Gasteiger partial charge is 0.123 e. The molecule has 3 heteroatoms. The Morgan fingerprint density at radius 3 is 2.29 bits per heavy atom. The molecule has 1 unspecified atom stereocenters. The first-order valence-electron chi connectivity index (χ1n) is 7.87. The lowest BCUT2D eigenvalue weighted by atomic mass is 9.95. The summed E-state index contributed by atoms with van der Waals surface area (Å²) in [5, 5.41) is 3.56. The zero-order valence-corrected chi connectivity index (χ0v) is 14.1. The fourth-order valence-corrected chi connectivity index (χ4v) is 2.15. The molecule has 0 saturated carbocycles. The highest BCUT2D eigenvalue weighted by molar-refractivity contribution is 5.16. The minimum atomic E-state index is -0.175. The van der Waals surface area contributed by atoms with Crippen molar-refractivity contribution in [3.05, 3.63) is 35.6 Å². The van der Waals surface area contributed by atoms with Crippen LogP contribution in [0.4, 0.5) is 4.39 Å². The van der Waals surface area contributed by atoms with Gasteiger partial charge in [-0.05, 0) is 77.6 Å². The number of hydrogen-bond donors (Lipinski definition) is 1. The monoisotopic (exact) mass is 295 g/mol. The van der Waals surface area contributed by atoms with Crippen LogP contribution in [0.1, 0.15) is 46.6 Å². The van der Waals surface area contributed by atoms with Gasteiger partial charge in [0.1, 0.15) is 5.82 Å². The summed E-state index contributed by atoms with van der Waals surface area (Å²) in [6, 6.07) is 6.83. The van der Waals surface area contributed by atoms with E-state index >= 15 is 0 Å². The summed E-state index contributed by atoms with van der Waals surface area (Å²) in [4.78, 5) is 0. The number of nitrogens with one attached hydrogen (secondary N) is 1. The van der Waals surface area contributed by atoms with Gasteiger partial charge in [0.05, 0.1) is 6.10 Å². The molecule has 1 aromatic carbocycles. The number of hydrogen-bond acceptors (Lipinski definition) is 2. The molecule has 120 valence electrons. The predicted octanol–water partition coefficient (Wildman–Crippen LogP) is 4.19. The second-order valence-electron chi connectivity index (χ2n) is 7.04. The minimum absolute atomic E-state index is 0.111. The van der Waals surface area contributed by atoms with Gasteiger partial charge in [-0.1, -0.05) is 12.1 Å². The van der Waals surface area contributed by atoms with Gasteiger partial charge < -0.3 is 10.1 Å². The largest absolute Gasteiger partial charge is 0.379 e. The van der Waals surface area contributed by atoms with Crippen LogP contribution in [0.2, 0.25) is 0 Å². The first-order chi connectivity index (χ1) is 9.76. The maximum absolute atomic E-state index is 13.0. The van der Waals surface area contributed by atoms with E-state index in [4.69, 9.17) is 4.74 Å². The van der Waals surface area contributed by atoms with Gasteiger partial charge in [0.2, 0.25) is 0 Å². The normalized spacial score (nSPS) is 13.7. The van der Waals surface area contributed by atoms with Crippen molar-refractivity contribution in [2.45, 2.75) is 59.1 Å². The van der Waals surface area contributed by atoms with Crippen molar-refractivity contribution in [3.63, 3.8) is 0 Å². The maximum atomic E-state index is 13.0. The van der Waals surface area contributed by atoms with Crippen LogP contribution in [0.3, 0.4) is 0 Å². The highest BCUT2D eigenvalue weighted by Crippen LogP contribution is 2.14. The Hall–Kier alpha value is -0.930. The second kappa shape index (κ2) is 8.50. The van der Waals surface area contributed by atoms with Gasteiger partial charge in [0.25, 0.3) is 0 Å². The molecule has 1 rings (SSSR count). The first kappa shape index (κ1) is 18.1. The van der Waals surface area contributed by atoms with Gasteiger partial charge in [-0.2, -0.15) is 0 Å². The van der Waals surface area contributed by atoms with Crippen LogP contribution in [-0.4, -0.2) is 24.8 Å². The lowest BCUT2D eigenvalue weighted by Crippen LogP contribution is -2.39. The molecule has 1 atom stereocenters. The Balaban J connectivity index is 2.55. The minimum Gasteiger partial charge on any atom is -0.379 e. The fraction of sp³-hybridized carbons (Fsp3) is 0.667. The topological polar surface area (TPSA) is 21.3 Å². The van der Waals surface area contributed by atoms with Crippen LogP contribution in [0, 0.1) is 11.7 Å². The van der Waals surface area contributed by atoms with Crippen molar-refractivity contribution in [1.82, 2.24) is 5.32 Å². The number of rotatable bonds is 8. The molecule has 0 aliphatic carbocycles. The van der Waals surface area contributed by atoms with Crippen LogP contribution >= 0.6 is 0 Å². The van der Waals surface area contributed by atoms with Crippen molar-refractivity contribution < 1.29 is 9.13 Å². The summed E-state index contributed by atoms with van der Waals surface area (Å²) >= 11 is 0. The van der Waals surface area contributed by atoms with Gasteiger partial charge in [-0.25, -0.2) is 4.39 Å². The molecule has 0 aromatic heterocycles. The summed E-state index contributed by atoms with van der Waals surface area (Å²) < 4.78 is 18.7. The van der Waals surface area contributed by atoms with E-state index in [9.17, 15) is 4.39 Å². The summed E-state index contributed by atoms with van der Waals surface area (Å²) in [7, 11) is 0. The molecule has 1 N–H and O–H groups in total. The lowest BCUT2D eigenvalue weighted by molar-refractivity contribution is 0.0677. The molecule has 0 bridgehead atoms. The fourth-order valence-electron chi connectivity index (χ4n) is 2.15. The van der Waals surface area contributed by atoms with E-state index in [0.29, 0.717) is 5.92 Å². The molecular weight excluding hydrogens is 265 g/mol. The van der Waals surface area contributed by atoms with Gasteiger partial charge in [-0.3, -0.25) is 0 Å². The molecule has 1 aromatic rings. The van der Waals surface area contributed by atoms with Crippen molar-refractivity contribution in [2.75, 3.05) is 13.2 Å². The number of halogens is 1. The molecule has 0 radical (unpaired) electrons. The third-order valence-corrected chi connectivity index (χ3v) is 3.34. The third-order valence-electron chi connectivity index (χ3n) is 3.34. The highest BCUT2D eigenvalue weighted by Gasteiger charge is 2.15. The molecule has 21 heavy (non-hydrogen) atoms. The Morgan fingerprint density at radius 2 is 1.76 bits per heavy atom. The van der Waals surface area contributed by atoms with Crippen molar-refractivity contribution in [1.29, 1.82) is 0 Å². The quantitative estimate of drug-likeness (QED) is 0.776. The molecular formula is C18H30FNO. The Labute approximate surface area is 129 Å². The van der Waals surface area contributed by atoms with Crippen molar-refractivity contribution >= 4 is 0 Å². The number of benzene rings is 1.